The number of β-amino-alcohol motifs (C(OH)–C–C–N with tert-alkyl or cyclic N) is 1. The second kappa shape index (κ2) is 8.14. The zero-order chi connectivity index (χ0) is 19.5. The quantitative estimate of drug-likeness (QED) is 0.619. The number of rotatable bonds is 5. The Morgan fingerprint density at radius 1 is 1.11 bits per heavy atom. The van der Waals surface area contributed by atoms with Crippen LogP contribution in [0.1, 0.15) is 5.56 Å². The molecule has 0 aliphatic carbocycles. The van der Waals surface area contributed by atoms with Gasteiger partial charge in [-0.25, -0.2) is 4.79 Å². The molecule has 6 heteroatoms. The normalized spacial score (nSPS) is 15.9. The Kier molecular flexibility index (Phi) is 5.43. The summed E-state index contributed by atoms with van der Waals surface area (Å²) in [6, 6.07) is 14.2. The van der Waals surface area contributed by atoms with Gasteiger partial charge in [-0.3, -0.25) is 4.90 Å². The smallest absolute Gasteiger partial charge is 0.336 e. The molecule has 1 saturated heterocycles. The molecule has 0 bridgehead atoms. The van der Waals surface area contributed by atoms with E-state index in [4.69, 9.17) is 9.52 Å². The fourth-order valence-electron chi connectivity index (χ4n) is 3.92. The van der Waals surface area contributed by atoms with E-state index >= 15 is 0 Å². The Bertz CT molecular complexity index is 1010. The molecule has 146 valence electrons. The van der Waals surface area contributed by atoms with Crippen molar-refractivity contribution in [3.05, 3.63) is 64.5 Å². The van der Waals surface area contributed by atoms with Crippen LogP contribution in [0.4, 0.5) is 0 Å². The van der Waals surface area contributed by atoms with Gasteiger partial charge in [0.2, 0.25) is 0 Å². The monoisotopic (exact) mass is 380 g/mol. The van der Waals surface area contributed by atoms with Gasteiger partial charge in [0.15, 0.2) is 0 Å². The standard InChI is InChI=1S/C22H24N2O4/c25-11-10-23-6-8-24(9-7-23)15-17-12-22(27)28-21-14-18(20(26)13-19(17)21)16-4-2-1-3-5-16/h1-5,12-14,25-26H,6-11,15H2. The summed E-state index contributed by atoms with van der Waals surface area (Å²) in [5, 5.41) is 22.5. The minimum absolute atomic E-state index is 0.0726. The molecular formula is C22H24N2O4. The molecule has 1 aromatic heterocycles. The zero-order valence-electron chi connectivity index (χ0n) is 15.7. The number of piperazine rings is 1. The number of aliphatic hydroxyl groups excluding tert-OH is 1. The van der Waals surface area contributed by atoms with Crippen molar-refractivity contribution in [2.45, 2.75) is 6.54 Å². The predicted molar refractivity (Wildman–Crippen MR) is 105 cm³/mol. The number of quaternary nitrogens is 1. The molecular weight excluding hydrogens is 356 g/mol. The maximum Gasteiger partial charge on any atom is 0.336 e. The summed E-state index contributed by atoms with van der Waals surface area (Å²) in [7, 11) is 0. The fourth-order valence-corrected chi connectivity index (χ4v) is 3.92. The summed E-state index contributed by atoms with van der Waals surface area (Å²) in [6.07, 6.45) is 0. The van der Waals surface area contributed by atoms with Crippen LogP contribution in [-0.2, 0) is 6.54 Å². The average Bonchev–Trinajstić information content (AvgIpc) is 2.70. The van der Waals surface area contributed by atoms with Crippen molar-refractivity contribution < 1.29 is 19.5 Å². The Labute approximate surface area is 163 Å². The van der Waals surface area contributed by atoms with E-state index in [9.17, 15) is 9.90 Å². The van der Waals surface area contributed by atoms with E-state index in [1.54, 1.807) is 12.1 Å². The van der Waals surface area contributed by atoms with Crippen molar-refractivity contribution in [3.8, 4) is 16.9 Å². The molecule has 1 aliphatic rings. The van der Waals surface area contributed by atoms with Crippen LogP contribution in [0.5, 0.6) is 5.75 Å². The molecule has 0 atom stereocenters. The van der Waals surface area contributed by atoms with Crippen molar-refractivity contribution >= 4 is 11.0 Å². The van der Waals surface area contributed by atoms with Crippen molar-refractivity contribution in [2.24, 2.45) is 0 Å². The van der Waals surface area contributed by atoms with E-state index in [0.29, 0.717) is 24.2 Å². The van der Waals surface area contributed by atoms with Crippen LogP contribution in [0.15, 0.2) is 57.7 Å². The third kappa shape index (κ3) is 3.94. The van der Waals surface area contributed by atoms with Gasteiger partial charge in [0.1, 0.15) is 12.1 Å². The lowest BCUT2D eigenvalue weighted by atomic mass is 10.0. The summed E-state index contributed by atoms with van der Waals surface area (Å²) in [5.74, 6) is -0.0726. The molecule has 1 aliphatic heterocycles. The highest BCUT2D eigenvalue weighted by Gasteiger charge is 2.21. The van der Waals surface area contributed by atoms with Crippen molar-refractivity contribution in [2.75, 3.05) is 39.3 Å². The van der Waals surface area contributed by atoms with E-state index in [1.165, 1.54) is 11.0 Å². The first-order valence-corrected chi connectivity index (χ1v) is 9.64. The topological polar surface area (TPSA) is 81.2 Å². The molecule has 0 radical (unpaired) electrons. The Morgan fingerprint density at radius 3 is 2.57 bits per heavy atom. The Morgan fingerprint density at radius 2 is 1.86 bits per heavy atom. The zero-order valence-corrected chi connectivity index (χ0v) is 15.7. The van der Waals surface area contributed by atoms with Crippen LogP contribution in [0.25, 0.3) is 22.1 Å². The minimum Gasteiger partial charge on any atom is -0.872 e. The van der Waals surface area contributed by atoms with Crippen LogP contribution in [0.3, 0.4) is 0 Å². The van der Waals surface area contributed by atoms with Gasteiger partial charge in [-0.1, -0.05) is 36.4 Å². The molecule has 3 aromatic rings. The highest BCUT2D eigenvalue weighted by atomic mass is 16.4. The second-order valence-electron chi connectivity index (χ2n) is 7.29. The first-order chi connectivity index (χ1) is 13.6. The van der Waals surface area contributed by atoms with E-state index in [1.807, 2.05) is 30.3 Å². The van der Waals surface area contributed by atoms with E-state index in [2.05, 4.69) is 4.90 Å². The third-order valence-corrected chi connectivity index (χ3v) is 5.44. The number of nitrogens with one attached hydrogen (secondary N) is 1. The number of aliphatic hydroxyl groups is 1. The number of hydrogen-bond donors (Lipinski definition) is 2. The SMILES string of the molecule is O=c1cc(C[NH+]2CCN(CCO)CC2)c2cc([O-])c(-c3ccccc3)cc2o1. The van der Waals surface area contributed by atoms with Gasteiger partial charge >= 0.3 is 5.63 Å². The van der Waals surface area contributed by atoms with Crippen molar-refractivity contribution in [1.82, 2.24) is 4.90 Å². The number of benzene rings is 2. The Balaban J connectivity index is 1.64. The lowest BCUT2D eigenvalue weighted by Crippen LogP contribution is -3.13. The molecule has 0 unspecified atom stereocenters. The van der Waals surface area contributed by atoms with Gasteiger partial charge in [-0.15, -0.1) is 5.75 Å². The molecule has 2 heterocycles. The summed E-state index contributed by atoms with van der Waals surface area (Å²) in [6.45, 7) is 5.27. The lowest BCUT2D eigenvalue weighted by Gasteiger charge is -2.31. The summed E-state index contributed by atoms with van der Waals surface area (Å²) < 4.78 is 5.42. The number of nitrogens with zero attached hydrogens (tertiary/aromatic N) is 1. The molecule has 2 N–H and O–H groups in total. The maximum atomic E-state index is 12.7. The predicted octanol–water partition coefficient (Wildman–Crippen LogP) is 0.226. The summed E-state index contributed by atoms with van der Waals surface area (Å²) in [5.41, 5.74) is 2.28. The van der Waals surface area contributed by atoms with Gasteiger partial charge < -0.3 is 19.5 Å². The summed E-state index contributed by atoms with van der Waals surface area (Å²) in [4.78, 5) is 15.7. The molecule has 4 rings (SSSR count). The van der Waals surface area contributed by atoms with Gasteiger partial charge in [-0.05, 0) is 17.2 Å². The largest absolute Gasteiger partial charge is 0.872 e. The van der Waals surface area contributed by atoms with Gasteiger partial charge in [0.05, 0.1) is 19.7 Å². The third-order valence-electron chi connectivity index (χ3n) is 5.44. The highest BCUT2D eigenvalue weighted by molar-refractivity contribution is 5.88. The fraction of sp³-hybridized carbons (Fsp3) is 0.318. The molecule has 0 spiro atoms. The number of fused-ring (bicyclic) bond motifs is 1. The van der Waals surface area contributed by atoms with Gasteiger partial charge in [0, 0.05) is 36.7 Å². The van der Waals surface area contributed by atoms with Crippen molar-refractivity contribution in [1.29, 1.82) is 0 Å². The minimum atomic E-state index is -0.390. The lowest BCUT2D eigenvalue weighted by molar-refractivity contribution is -0.918. The van der Waals surface area contributed by atoms with Gasteiger partial charge in [0.25, 0.3) is 0 Å². The highest BCUT2D eigenvalue weighted by Crippen LogP contribution is 2.32. The van der Waals surface area contributed by atoms with Crippen LogP contribution >= 0.6 is 0 Å². The molecule has 0 saturated carbocycles. The van der Waals surface area contributed by atoms with Crippen LogP contribution in [-0.4, -0.2) is 49.3 Å². The first kappa shape index (κ1) is 18.7. The van der Waals surface area contributed by atoms with E-state index in [-0.39, 0.29) is 12.4 Å². The van der Waals surface area contributed by atoms with Crippen LogP contribution in [0.2, 0.25) is 0 Å². The first-order valence-electron chi connectivity index (χ1n) is 9.64. The maximum absolute atomic E-state index is 12.7. The van der Waals surface area contributed by atoms with E-state index < -0.39 is 5.63 Å². The molecule has 28 heavy (non-hydrogen) atoms. The molecule has 6 nitrogen and oxygen atoms in total. The molecule has 2 aromatic carbocycles. The van der Waals surface area contributed by atoms with E-state index in [0.717, 1.165) is 42.7 Å². The summed E-state index contributed by atoms with van der Waals surface area (Å²) >= 11 is 0. The molecule has 1 fully saturated rings. The molecule has 0 amide bonds. The Hall–Kier alpha value is -2.67. The second-order valence-corrected chi connectivity index (χ2v) is 7.29. The van der Waals surface area contributed by atoms with Crippen LogP contribution in [0, 0.1) is 0 Å². The van der Waals surface area contributed by atoms with Crippen molar-refractivity contribution in [3.63, 3.8) is 0 Å². The van der Waals surface area contributed by atoms with Crippen LogP contribution < -0.4 is 15.6 Å². The van der Waals surface area contributed by atoms with Gasteiger partial charge in [-0.2, -0.15) is 0 Å². The number of hydrogen-bond acceptors (Lipinski definition) is 5. The average molecular weight is 380 g/mol.